The molecule has 28 heavy (non-hydrogen) atoms. The predicted molar refractivity (Wildman–Crippen MR) is 113 cm³/mol. The Morgan fingerprint density at radius 2 is 2.18 bits per heavy atom. The Morgan fingerprint density at radius 1 is 1.39 bits per heavy atom. The van der Waals surface area contributed by atoms with Crippen LogP contribution < -0.4 is 10.9 Å². The summed E-state index contributed by atoms with van der Waals surface area (Å²) in [5.74, 6) is -0.311. The summed E-state index contributed by atoms with van der Waals surface area (Å²) in [7, 11) is 0. The number of hydrogen-bond acceptors (Lipinski definition) is 5. The maximum Gasteiger partial charge on any atom is 0.272 e. The number of aromatic nitrogens is 2. The van der Waals surface area contributed by atoms with Gasteiger partial charge in [-0.25, -0.2) is 9.37 Å². The number of carbonyl (C=O) groups excluding carboxylic acids is 1. The lowest BCUT2D eigenvalue weighted by Gasteiger charge is -2.14. The Balaban J connectivity index is 1.69. The van der Waals surface area contributed by atoms with Gasteiger partial charge in [-0.15, -0.1) is 11.3 Å². The number of thiophene rings is 1. The van der Waals surface area contributed by atoms with Gasteiger partial charge in [0.05, 0.1) is 16.3 Å². The number of amides is 1. The van der Waals surface area contributed by atoms with E-state index in [4.69, 9.17) is 11.6 Å². The van der Waals surface area contributed by atoms with Crippen molar-refractivity contribution < 1.29 is 9.18 Å². The minimum Gasteiger partial charge on any atom is -0.351 e. The van der Waals surface area contributed by atoms with Gasteiger partial charge in [0.2, 0.25) is 5.91 Å². The number of halogens is 2. The highest BCUT2D eigenvalue weighted by molar-refractivity contribution is 7.99. The Bertz CT molecular complexity index is 1070. The van der Waals surface area contributed by atoms with Gasteiger partial charge in [0, 0.05) is 13.1 Å². The second-order valence-corrected chi connectivity index (χ2v) is 8.92. The van der Waals surface area contributed by atoms with E-state index in [1.807, 2.05) is 25.3 Å². The van der Waals surface area contributed by atoms with Crippen LogP contribution in [0.4, 0.5) is 4.39 Å². The van der Waals surface area contributed by atoms with Gasteiger partial charge in [0.15, 0.2) is 5.16 Å². The number of hydrogen-bond donors (Lipinski definition) is 1. The quantitative estimate of drug-likeness (QED) is 0.440. The number of carbonyl (C=O) groups is 1. The van der Waals surface area contributed by atoms with E-state index >= 15 is 0 Å². The topological polar surface area (TPSA) is 64.0 Å². The Hall–Kier alpha value is -1.90. The largest absolute Gasteiger partial charge is 0.351 e. The van der Waals surface area contributed by atoms with Crippen LogP contribution in [-0.2, 0) is 17.9 Å². The van der Waals surface area contributed by atoms with E-state index in [1.54, 1.807) is 10.6 Å². The van der Waals surface area contributed by atoms with Crippen LogP contribution in [0.5, 0.6) is 0 Å². The fourth-order valence-corrected chi connectivity index (χ4v) is 4.41. The number of fused-ring (bicyclic) bond motifs is 1. The van der Waals surface area contributed by atoms with Crippen LogP contribution in [0, 0.1) is 11.7 Å². The van der Waals surface area contributed by atoms with Gasteiger partial charge in [-0.3, -0.25) is 14.2 Å². The first-order valence-corrected chi connectivity index (χ1v) is 10.9. The molecule has 1 amide bonds. The molecule has 2 heterocycles. The second-order valence-electron chi connectivity index (χ2n) is 6.65. The Morgan fingerprint density at radius 3 is 2.89 bits per heavy atom. The van der Waals surface area contributed by atoms with Crippen molar-refractivity contribution in [1.82, 2.24) is 14.9 Å². The molecule has 1 aromatic carbocycles. The third kappa shape index (κ3) is 4.92. The first-order chi connectivity index (χ1) is 13.3. The maximum absolute atomic E-state index is 13.2. The van der Waals surface area contributed by atoms with E-state index in [0.29, 0.717) is 27.5 Å². The van der Waals surface area contributed by atoms with Crippen LogP contribution in [0.1, 0.15) is 19.4 Å². The molecule has 3 rings (SSSR count). The fraction of sp³-hybridized carbons (Fsp3) is 0.316. The normalized spacial score (nSPS) is 11.3. The highest BCUT2D eigenvalue weighted by atomic mass is 35.5. The van der Waals surface area contributed by atoms with Crippen molar-refractivity contribution in [2.45, 2.75) is 32.1 Å². The zero-order valence-corrected chi connectivity index (χ0v) is 17.8. The molecule has 5 nitrogen and oxygen atoms in total. The zero-order valence-electron chi connectivity index (χ0n) is 15.4. The summed E-state index contributed by atoms with van der Waals surface area (Å²) in [5.41, 5.74) is 1.29. The molecule has 9 heteroatoms. The minimum atomic E-state index is -0.495. The fourth-order valence-electron chi connectivity index (χ4n) is 2.59. The molecule has 0 saturated carbocycles. The van der Waals surface area contributed by atoms with E-state index in [1.165, 1.54) is 35.2 Å². The molecule has 0 saturated heterocycles. The SMILES string of the molecule is CC(C)Cn1c(SCC(=O)NCc2ccc(F)c(Cl)c2)nc2ccsc2c1=O. The minimum absolute atomic E-state index is 0.0205. The molecule has 0 unspecified atom stereocenters. The summed E-state index contributed by atoms with van der Waals surface area (Å²) in [6.07, 6.45) is 0. The number of nitrogens with zero attached hydrogens (tertiary/aromatic N) is 2. The molecule has 0 radical (unpaired) electrons. The van der Waals surface area contributed by atoms with E-state index < -0.39 is 5.82 Å². The lowest BCUT2D eigenvalue weighted by atomic mass is 10.2. The molecule has 0 aliphatic rings. The predicted octanol–water partition coefficient (Wildman–Crippen LogP) is 4.32. The van der Waals surface area contributed by atoms with Crippen molar-refractivity contribution in [3.63, 3.8) is 0 Å². The first kappa shape index (κ1) is 20.8. The van der Waals surface area contributed by atoms with E-state index in [0.717, 1.165) is 0 Å². The zero-order chi connectivity index (χ0) is 20.3. The van der Waals surface area contributed by atoms with Crippen molar-refractivity contribution in [3.8, 4) is 0 Å². The number of rotatable bonds is 7. The summed E-state index contributed by atoms with van der Waals surface area (Å²) in [4.78, 5) is 29.5. The monoisotopic (exact) mass is 439 g/mol. The summed E-state index contributed by atoms with van der Waals surface area (Å²) in [6.45, 7) is 4.84. The van der Waals surface area contributed by atoms with Gasteiger partial charge >= 0.3 is 0 Å². The first-order valence-electron chi connectivity index (χ1n) is 8.66. The Kier molecular flexibility index (Phi) is 6.74. The van der Waals surface area contributed by atoms with Gasteiger partial charge in [-0.05, 0) is 35.1 Å². The van der Waals surface area contributed by atoms with Gasteiger partial charge in [-0.2, -0.15) is 0 Å². The number of benzene rings is 1. The molecule has 0 aliphatic heterocycles. The molecule has 1 N–H and O–H groups in total. The standard InChI is InChI=1S/C19H19ClFN3O2S2/c1-11(2)9-24-18(26)17-15(5-6-27-17)23-19(24)28-10-16(25)22-8-12-3-4-14(21)13(20)7-12/h3-7,11H,8-10H2,1-2H3,(H,22,25). The van der Waals surface area contributed by atoms with Crippen LogP contribution in [0.25, 0.3) is 10.2 Å². The summed E-state index contributed by atoms with van der Waals surface area (Å²) in [6, 6.07) is 6.13. The smallest absolute Gasteiger partial charge is 0.272 e. The van der Waals surface area contributed by atoms with Gasteiger partial charge < -0.3 is 5.32 Å². The third-order valence-electron chi connectivity index (χ3n) is 3.88. The van der Waals surface area contributed by atoms with Gasteiger partial charge in [0.1, 0.15) is 10.5 Å². The molecule has 0 spiro atoms. The van der Waals surface area contributed by atoms with E-state index in [2.05, 4.69) is 10.3 Å². The van der Waals surface area contributed by atoms with Crippen molar-refractivity contribution in [2.75, 3.05) is 5.75 Å². The molecular formula is C19H19ClFN3O2S2. The van der Waals surface area contributed by atoms with Crippen LogP contribution in [0.15, 0.2) is 39.6 Å². The molecule has 148 valence electrons. The highest BCUT2D eigenvalue weighted by Gasteiger charge is 2.15. The lowest BCUT2D eigenvalue weighted by Crippen LogP contribution is -2.27. The third-order valence-corrected chi connectivity index (χ3v) is 6.04. The van der Waals surface area contributed by atoms with Crippen LogP contribution in [-0.4, -0.2) is 21.2 Å². The van der Waals surface area contributed by atoms with Crippen LogP contribution >= 0.6 is 34.7 Å². The van der Waals surface area contributed by atoms with E-state index in [-0.39, 0.29) is 34.7 Å². The van der Waals surface area contributed by atoms with Crippen LogP contribution in [0.3, 0.4) is 0 Å². The summed E-state index contributed by atoms with van der Waals surface area (Å²) < 4.78 is 15.5. The molecule has 0 aliphatic carbocycles. The average molecular weight is 440 g/mol. The summed E-state index contributed by atoms with van der Waals surface area (Å²) >= 11 is 8.35. The molecule has 3 aromatic rings. The maximum atomic E-state index is 13.2. The van der Waals surface area contributed by atoms with Crippen LogP contribution in [0.2, 0.25) is 5.02 Å². The average Bonchev–Trinajstić information content (AvgIpc) is 3.12. The summed E-state index contributed by atoms with van der Waals surface area (Å²) in [5, 5.41) is 5.16. The molecule has 0 bridgehead atoms. The van der Waals surface area contributed by atoms with Gasteiger partial charge in [0.25, 0.3) is 5.56 Å². The van der Waals surface area contributed by atoms with Crippen molar-refractivity contribution in [2.24, 2.45) is 5.92 Å². The molecule has 0 atom stereocenters. The number of nitrogens with one attached hydrogen (secondary N) is 1. The van der Waals surface area contributed by atoms with Crippen molar-refractivity contribution >= 4 is 50.8 Å². The van der Waals surface area contributed by atoms with Crippen molar-refractivity contribution in [1.29, 1.82) is 0 Å². The van der Waals surface area contributed by atoms with Crippen molar-refractivity contribution in [3.05, 3.63) is 56.4 Å². The van der Waals surface area contributed by atoms with E-state index in [9.17, 15) is 14.0 Å². The molecule has 2 aromatic heterocycles. The number of thioether (sulfide) groups is 1. The lowest BCUT2D eigenvalue weighted by molar-refractivity contribution is -0.118. The molecule has 0 fully saturated rings. The Labute approximate surface area is 174 Å². The highest BCUT2D eigenvalue weighted by Crippen LogP contribution is 2.22. The molecular weight excluding hydrogens is 421 g/mol. The van der Waals surface area contributed by atoms with Gasteiger partial charge in [-0.1, -0.05) is 43.3 Å². The second kappa shape index (κ2) is 9.07.